The lowest BCUT2D eigenvalue weighted by Gasteiger charge is -2.14. The molecule has 1 aromatic carbocycles. The molecule has 0 aromatic heterocycles. The third-order valence-corrected chi connectivity index (χ3v) is 2.60. The molecule has 1 rings (SSSR count). The number of carbonyl (C=O) groups excluding carboxylic acids is 1. The Labute approximate surface area is 97.4 Å². The topological polar surface area (TPSA) is 29.1 Å². The van der Waals surface area contributed by atoms with Gasteiger partial charge in [0.25, 0.3) is 5.91 Å². The largest absolute Gasteiger partial charge is 0.322 e. The van der Waals surface area contributed by atoms with Crippen LogP contribution in [0, 0.1) is 6.58 Å². The molecule has 0 bridgehead atoms. The second kappa shape index (κ2) is 5.50. The fourth-order valence-electron chi connectivity index (χ4n) is 1.62. The molecule has 0 atom stereocenters. The molecule has 0 aliphatic rings. The van der Waals surface area contributed by atoms with Gasteiger partial charge < -0.3 is 5.32 Å². The predicted molar refractivity (Wildman–Crippen MR) is 67.3 cm³/mol. The molecule has 2 nitrogen and oxygen atoms in total. The number of benzene rings is 1. The van der Waals surface area contributed by atoms with Crippen LogP contribution in [0.15, 0.2) is 23.8 Å². The Morgan fingerprint density at radius 3 is 2.12 bits per heavy atom. The maximum atomic E-state index is 11.6. The van der Waals surface area contributed by atoms with Gasteiger partial charge in [-0.05, 0) is 30.9 Å². The second-order valence-corrected chi connectivity index (χ2v) is 3.80. The Hall–Kier alpha value is -1.57. The molecule has 0 spiro atoms. The zero-order valence-corrected chi connectivity index (χ0v) is 10.1. The van der Waals surface area contributed by atoms with Crippen molar-refractivity contribution in [2.75, 3.05) is 5.32 Å². The minimum Gasteiger partial charge on any atom is -0.322 e. The van der Waals surface area contributed by atoms with E-state index >= 15 is 0 Å². The number of para-hydroxylation sites is 1. The minimum absolute atomic E-state index is 0.212. The molecule has 0 saturated carbocycles. The van der Waals surface area contributed by atoms with Crippen molar-refractivity contribution in [1.29, 1.82) is 0 Å². The van der Waals surface area contributed by atoms with Crippen LogP contribution in [-0.2, 0) is 17.6 Å². The average Bonchev–Trinajstić information content (AvgIpc) is 2.29. The van der Waals surface area contributed by atoms with Gasteiger partial charge in [-0.3, -0.25) is 4.79 Å². The summed E-state index contributed by atoms with van der Waals surface area (Å²) in [6.45, 7) is 11.2. The van der Waals surface area contributed by atoms with Crippen molar-refractivity contribution in [3.8, 4) is 0 Å². The third kappa shape index (κ3) is 2.72. The molecule has 0 aliphatic heterocycles. The monoisotopic (exact) mass is 216 g/mol. The van der Waals surface area contributed by atoms with Crippen molar-refractivity contribution in [2.45, 2.75) is 33.6 Å². The Bertz CT molecular complexity index is 385. The van der Waals surface area contributed by atoms with Crippen LogP contribution in [0.4, 0.5) is 5.69 Å². The Morgan fingerprint density at radius 2 is 1.75 bits per heavy atom. The van der Waals surface area contributed by atoms with Gasteiger partial charge in [-0.2, -0.15) is 0 Å². The van der Waals surface area contributed by atoms with E-state index in [-0.39, 0.29) is 11.5 Å². The summed E-state index contributed by atoms with van der Waals surface area (Å²) in [5.41, 5.74) is 3.50. The number of rotatable bonds is 4. The van der Waals surface area contributed by atoms with Crippen molar-refractivity contribution < 1.29 is 4.79 Å². The highest BCUT2D eigenvalue weighted by Crippen LogP contribution is 2.22. The fourth-order valence-corrected chi connectivity index (χ4v) is 1.62. The summed E-state index contributed by atoms with van der Waals surface area (Å²) in [5.74, 6) is -0.212. The number of hydrogen-bond donors (Lipinski definition) is 1. The first-order valence-corrected chi connectivity index (χ1v) is 5.61. The molecule has 0 saturated heterocycles. The van der Waals surface area contributed by atoms with Gasteiger partial charge in [-0.15, -0.1) is 0 Å². The van der Waals surface area contributed by atoms with Gasteiger partial charge in [-0.1, -0.05) is 38.6 Å². The second-order valence-electron chi connectivity index (χ2n) is 3.80. The number of nitrogens with one attached hydrogen (secondary N) is 1. The molecule has 1 aromatic rings. The first-order valence-electron chi connectivity index (χ1n) is 5.61. The van der Waals surface area contributed by atoms with E-state index in [0.29, 0.717) is 0 Å². The molecule has 0 fully saturated rings. The van der Waals surface area contributed by atoms with E-state index in [9.17, 15) is 4.79 Å². The molecule has 16 heavy (non-hydrogen) atoms. The first kappa shape index (κ1) is 12.5. The van der Waals surface area contributed by atoms with E-state index in [2.05, 4.69) is 19.2 Å². The smallest absolute Gasteiger partial charge is 0.251 e. The van der Waals surface area contributed by atoms with Gasteiger partial charge in [0.2, 0.25) is 0 Å². The van der Waals surface area contributed by atoms with Crippen LogP contribution in [0.2, 0.25) is 0 Å². The summed E-state index contributed by atoms with van der Waals surface area (Å²) < 4.78 is 0. The number of amides is 1. The molecule has 1 N–H and O–H groups in total. The highest BCUT2D eigenvalue weighted by molar-refractivity contribution is 6.03. The molecule has 0 unspecified atom stereocenters. The summed E-state index contributed by atoms with van der Waals surface area (Å²) in [6.07, 6.45) is 1.79. The molecule has 0 aliphatic carbocycles. The standard InChI is InChI=1S/C14H18NO/c1-5-11-8-7-9-12(6-2)13(11)15-14(16)10(3)4/h3,7-9H,5-6H2,1-2,4H3,(H,15,16). The van der Waals surface area contributed by atoms with Crippen LogP contribution < -0.4 is 5.32 Å². The summed E-state index contributed by atoms with van der Waals surface area (Å²) in [5, 5.41) is 2.88. The summed E-state index contributed by atoms with van der Waals surface area (Å²) >= 11 is 0. The van der Waals surface area contributed by atoms with Crippen LogP contribution in [0.5, 0.6) is 0 Å². The Kier molecular flexibility index (Phi) is 4.29. The zero-order valence-electron chi connectivity index (χ0n) is 10.1. The summed E-state index contributed by atoms with van der Waals surface area (Å²) in [6, 6.07) is 6.08. The molecular formula is C14H18NO. The lowest BCUT2D eigenvalue weighted by Crippen LogP contribution is -2.14. The molecular weight excluding hydrogens is 198 g/mol. The molecule has 2 heteroatoms. The highest BCUT2D eigenvalue weighted by atomic mass is 16.1. The zero-order chi connectivity index (χ0) is 12.1. The highest BCUT2D eigenvalue weighted by Gasteiger charge is 2.09. The van der Waals surface area contributed by atoms with Crippen LogP contribution >= 0.6 is 0 Å². The van der Waals surface area contributed by atoms with Crippen molar-refractivity contribution in [1.82, 2.24) is 0 Å². The van der Waals surface area contributed by atoms with Gasteiger partial charge in [0.15, 0.2) is 0 Å². The van der Waals surface area contributed by atoms with Crippen LogP contribution in [0.1, 0.15) is 31.9 Å². The number of carbonyl (C=O) groups is 1. The quantitative estimate of drug-likeness (QED) is 0.770. The van der Waals surface area contributed by atoms with Crippen molar-refractivity contribution in [2.24, 2.45) is 0 Å². The number of hydrogen-bond acceptors (Lipinski definition) is 1. The van der Waals surface area contributed by atoms with E-state index in [1.807, 2.05) is 18.2 Å². The first-order chi connectivity index (χ1) is 7.60. The van der Waals surface area contributed by atoms with Crippen molar-refractivity contribution in [3.05, 3.63) is 41.5 Å². The van der Waals surface area contributed by atoms with E-state index in [0.717, 1.165) is 29.7 Å². The lowest BCUT2D eigenvalue weighted by molar-refractivity contribution is -0.112. The van der Waals surface area contributed by atoms with Gasteiger partial charge in [-0.25, -0.2) is 0 Å². The SMILES string of the molecule is [CH]=C(C)C(=O)Nc1c(CC)cccc1CC. The van der Waals surface area contributed by atoms with Gasteiger partial charge in [0.1, 0.15) is 0 Å². The van der Waals surface area contributed by atoms with Crippen molar-refractivity contribution >= 4 is 11.6 Å². The minimum atomic E-state index is -0.212. The van der Waals surface area contributed by atoms with Crippen LogP contribution in [0.25, 0.3) is 0 Å². The van der Waals surface area contributed by atoms with Crippen LogP contribution in [-0.4, -0.2) is 5.91 Å². The molecule has 1 radical (unpaired) electrons. The van der Waals surface area contributed by atoms with E-state index in [1.54, 1.807) is 6.92 Å². The third-order valence-electron chi connectivity index (χ3n) is 2.60. The van der Waals surface area contributed by atoms with Crippen molar-refractivity contribution in [3.63, 3.8) is 0 Å². The van der Waals surface area contributed by atoms with Crippen LogP contribution in [0.3, 0.4) is 0 Å². The summed E-state index contributed by atoms with van der Waals surface area (Å²) in [7, 11) is 0. The fraction of sp³-hybridized carbons (Fsp3) is 0.357. The van der Waals surface area contributed by atoms with E-state index in [1.165, 1.54) is 0 Å². The Morgan fingerprint density at radius 1 is 1.25 bits per heavy atom. The lowest BCUT2D eigenvalue weighted by atomic mass is 10.0. The maximum Gasteiger partial charge on any atom is 0.251 e. The predicted octanol–water partition coefficient (Wildman–Crippen LogP) is 3.13. The molecule has 85 valence electrons. The molecule has 0 heterocycles. The van der Waals surface area contributed by atoms with Gasteiger partial charge in [0, 0.05) is 11.3 Å². The molecule has 1 amide bonds. The van der Waals surface area contributed by atoms with Gasteiger partial charge in [0.05, 0.1) is 0 Å². The maximum absolute atomic E-state index is 11.6. The van der Waals surface area contributed by atoms with E-state index < -0.39 is 0 Å². The summed E-state index contributed by atoms with van der Waals surface area (Å²) in [4.78, 5) is 11.6. The Balaban J connectivity index is 3.09. The van der Waals surface area contributed by atoms with Gasteiger partial charge >= 0.3 is 0 Å². The number of anilines is 1. The average molecular weight is 216 g/mol. The van der Waals surface area contributed by atoms with E-state index in [4.69, 9.17) is 6.58 Å². The number of aryl methyl sites for hydroxylation is 2. The normalized spacial score (nSPS) is 9.94.